The highest BCUT2D eigenvalue weighted by atomic mass is 32.1. The molecule has 0 aliphatic carbocycles. The first kappa shape index (κ1) is 42.1. The Bertz CT molecular complexity index is 3930. The number of thiophene rings is 1. The monoisotopic (exact) mass is 922 g/mol. The number of hydrogen-bond acceptors (Lipinski definition) is 3. The van der Waals surface area contributed by atoms with E-state index in [1.54, 1.807) is 0 Å². The summed E-state index contributed by atoms with van der Waals surface area (Å²) in [5.74, 6) is 0. The molecule has 0 saturated heterocycles. The molecule has 0 N–H and O–H groups in total. The van der Waals surface area contributed by atoms with Gasteiger partial charge < -0.3 is 9.80 Å². The van der Waals surface area contributed by atoms with Crippen LogP contribution in [0.4, 0.5) is 34.1 Å². The molecular formula is C68H46N2S. The topological polar surface area (TPSA) is 6.48 Å². The first-order chi connectivity index (χ1) is 35.2. The molecule has 3 heteroatoms. The van der Waals surface area contributed by atoms with E-state index in [-0.39, 0.29) is 0 Å². The van der Waals surface area contributed by atoms with E-state index in [1.165, 1.54) is 80.7 Å². The maximum atomic E-state index is 2.48. The summed E-state index contributed by atoms with van der Waals surface area (Å²) in [4.78, 5) is 4.91. The fourth-order valence-electron chi connectivity index (χ4n) is 10.4. The third-order valence-electron chi connectivity index (χ3n) is 13.8. The van der Waals surface area contributed by atoms with Crippen LogP contribution in [0.15, 0.2) is 279 Å². The summed E-state index contributed by atoms with van der Waals surface area (Å²) in [5, 5.41) is 7.44. The van der Waals surface area contributed by atoms with Gasteiger partial charge in [-0.1, -0.05) is 206 Å². The Labute approximate surface area is 418 Å². The van der Waals surface area contributed by atoms with Gasteiger partial charge in [0.05, 0.1) is 10.4 Å². The van der Waals surface area contributed by atoms with E-state index in [4.69, 9.17) is 0 Å². The van der Waals surface area contributed by atoms with Crippen LogP contribution in [-0.2, 0) is 0 Å². The lowest BCUT2D eigenvalue weighted by atomic mass is 9.92. The third kappa shape index (κ3) is 7.89. The van der Waals surface area contributed by atoms with Crippen molar-refractivity contribution in [2.24, 2.45) is 0 Å². The molecule has 0 bridgehead atoms. The number of anilines is 6. The van der Waals surface area contributed by atoms with Crippen molar-refractivity contribution in [2.45, 2.75) is 0 Å². The molecule has 0 aliphatic heterocycles. The number of fused-ring (bicyclic) bond motifs is 6. The minimum Gasteiger partial charge on any atom is -0.310 e. The SMILES string of the molecule is c1ccc(-c2ccc(N(c3ccc(-c4ccccc4)cc3)c3cc(-c4cc5ccccc5c5ccccc45)cc(N(c4ccc(-c5ccccc5)cc4)c4cccc5c4sc4ccccc45)c3)cc2)cc1. The maximum absolute atomic E-state index is 2.48. The van der Waals surface area contributed by atoms with Gasteiger partial charge in [-0.15, -0.1) is 11.3 Å². The second-order valence-corrected chi connectivity index (χ2v) is 19.1. The number of hydrogen-bond donors (Lipinski definition) is 0. The van der Waals surface area contributed by atoms with E-state index in [0.29, 0.717) is 0 Å². The molecule has 0 atom stereocenters. The Morgan fingerprint density at radius 3 is 1.23 bits per heavy atom. The fourth-order valence-corrected chi connectivity index (χ4v) is 11.6. The first-order valence-electron chi connectivity index (χ1n) is 24.2. The van der Waals surface area contributed by atoms with Crippen molar-refractivity contribution in [2.75, 3.05) is 9.80 Å². The Hall–Kier alpha value is -9.02. The van der Waals surface area contributed by atoms with E-state index in [9.17, 15) is 0 Å². The van der Waals surface area contributed by atoms with E-state index >= 15 is 0 Å². The summed E-state index contributed by atoms with van der Waals surface area (Å²) >= 11 is 1.86. The highest BCUT2D eigenvalue weighted by Crippen LogP contribution is 2.49. The number of nitrogens with zero attached hydrogens (tertiary/aromatic N) is 2. The van der Waals surface area contributed by atoms with Crippen molar-refractivity contribution in [3.05, 3.63) is 279 Å². The van der Waals surface area contributed by atoms with Gasteiger partial charge in [0.2, 0.25) is 0 Å². The lowest BCUT2D eigenvalue weighted by Crippen LogP contribution is -2.14. The molecule has 0 aliphatic rings. The van der Waals surface area contributed by atoms with Gasteiger partial charge in [-0.25, -0.2) is 0 Å². The molecule has 0 unspecified atom stereocenters. The minimum atomic E-state index is 1.05. The van der Waals surface area contributed by atoms with Crippen molar-refractivity contribution in [1.29, 1.82) is 0 Å². The van der Waals surface area contributed by atoms with Gasteiger partial charge in [-0.3, -0.25) is 0 Å². The van der Waals surface area contributed by atoms with Crippen molar-refractivity contribution < 1.29 is 0 Å². The highest BCUT2D eigenvalue weighted by molar-refractivity contribution is 7.26. The van der Waals surface area contributed by atoms with Crippen LogP contribution in [0.25, 0.3) is 86.2 Å². The van der Waals surface area contributed by atoms with Gasteiger partial charge in [0, 0.05) is 43.9 Å². The minimum absolute atomic E-state index is 1.05. The first-order valence-corrected chi connectivity index (χ1v) is 25.0. The molecule has 12 aromatic carbocycles. The van der Waals surface area contributed by atoms with Gasteiger partial charge in [-0.2, -0.15) is 0 Å². The van der Waals surface area contributed by atoms with Crippen LogP contribution in [0, 0.1) is 0 Å². The van der Waals surface area contributed by atoms with E-state index in [1.807, 2.05) is 11.3 Å². The van der Waals surface area contributed by atoms with Crippen LogP contribution in [0.3, 0.4) is 0 Å². The van der Waals surface area contributed by atoms with Crippen molar-refractivity contribution >= 4 is 87.2 Å². The van der Waals surface area contributed by atoms with Crippen LogP contribution in [0.2, 0.25) is 0 Å². The number of rotatable bonds is 10. The van der Waals surface area contributed by atoms with Crippen molar-refractivity contribution in [3.8, 4) is 44.5 Å². The van der Waals surface area contributed by atoms with Gasteiger partial charge in [0.15, 0.2) is 0 Å². The molecule has 0 spiro atoms. The fraction of sp³-hybridized carbons (Fsp3) is 0. The van der Waals surface area contributed by atoms with Crippen molar-refractivity contribution in [3.63, 3.8) is 0 Å². The van der Waals surface area contributed by atoms with E-state index < -0.39 is 0 Å². The zero-order chi connectivity index (χ0) is 47.1. The average Bonchev–Trinajstić information content (AvgIpc) is 3.84. The normalized spacial score (nSPS) is 11.4. The van der Waals surface area contributed by atoms with Gasteiger partial charge in [0.1, 0.15) is 0 Å². The lowest BCUT2D eigenvalue weighted by molar-refractivity contribution is 1.26. The zero-order valence-electron chi connectivity index (χ0n) is 38.9. The average molecular weight is 923 g/mol. The zero-order valence-corrected chi connectivity index (χ0v) is 39.7. The van der Waals surface area contributed by atoms with Gasteiger partial charge in [-0.05, 0) is 139 Å². The van der Waals surface area contributed by atoms with E-state index in [0.717, 1.165) is 39.7 Å². The summed E-state index contributed by atoms with van der Waals surface area (Å²) < 4.78 is 2.52. The second kappa shape index (κ2) is 18.1. The summed E-state index contributed by atoms with van der Waals surface area (Å²) in [5.41, 5.74) is 15.8. The van der Waals surface area contributed by atoms with Crippen molar-refractivity contribution in [1.82, 2.24) is 0 Å². The predicted molar refractivity (Wildman–Crippen MR) is 305 cm³/mol. The summed E-state index contributed by atoms with van der Waals surface area (Å²) in [6.45, 7) is 0. The Balaban J connectivity index is 1.09. The molecule has 0 radical (unpaired) electrons. The Morgan fingerprint density at radius 1 is 0.239 bits per heavy atom. The molecule has 13 aromatic rings. The molecule has 13 rings (SSSR count). The quantitative estimate of drug-likeness (QED) is 0.126. The molecule has 334 valence electrons. The molecule has 2 nitrogen and oxygen atoms in total. The highest BCUT2D eigenvalue weighted by Gasteiger charge is 2.23. The molecule has 1 heterocycles. The summed E-state index contributed by atoms with van der Waals surface area (Å²) in [6, 6.07) is 102. The smallest absolute Gasteiger partial charge is 0.0640 e. The molecule has 0 fully saturated rings. The molecule has 1 aromatic heterocycles. The largest absolute Gasteiger partial charge is 0.310 e. The molecular weight excluding hydrogens is 877 g/mol. The Kier molecular flexibility index (Phi) is 10.8. The van der Waals surface area contributed by atoms with Crippen LogP contribution in [0.1, 0.15) is 0 Å². The van der Waals surface area contributed by atoms with Crippen LogP contribution in [-0.4, -0.2) is 0 Å². The summed E-state index contributed by atoms with van der Waals surface area (Å²) in [6.07, 6.45) is 0. The molecule has 0 amide bonds. The van der Waals surface area contributed by atoms with Gasteiger partial charge >= 0.3 is 0 Å². The summed E-state index contributed by atoms with van der Waals surface area (Å²) in [7, 11) is 0. The second-order valence-electron chi connectivity index (χ2n) is 18.1. The van der Waals surface area contributed by atoms with Crippen LogP contribution >= 0.6 is 11.3 Å². The van der Waals surface area contributed by atoms with Gasteiger partial charge in [0.25, 0.3) is 0 Å². The third-order valence-corrected chi connectivity index (χ3v) is 15.0. The van der Waals surface area contributed by atoms with Crippen LogP contribution in [0.5, 0.6) is 0 Å². The maximum Gasteiger partial charge on any atom is 0.0640 e. The van der Waals surface area contributed by atoms with Crippen LogP contribution < -0.4 is 9.80 Å². The number of benzene rings is 12. The Morgan fingerprint density at radius 2 is 0.662 bits per heavy atom. The van der Waals surface area contributed by atoms with E-state index in [2.05, 4.69) is 289 Å². The predicted octanol–water partition coefficient (Wildman–Crippen LogP) is 20.0. The lowest BCUT2D eigenvalue weighted by Gasteiger charge is -2.31. The molecule has 0 saturated carbocycles. The standard InChI is InChI=1S/C68H46N2S/c1-4-17-47(18-5-1)50-31-37-55(38-32-50)69(56-39-33-51(34-40-56)48-19-6-2-7-20-48)58-43-54(65-45-53-23-10-11-24-60(53)61-25-12-13-26-62(61)65)44-59(46-58)70(57-41-35-52(36-42-57)49-21-8-3-9-22-49)66-29-16-28-64-63-27-14-15-30-67(63)71-68(64)66/h1-46H. The molecule has 71 heavy (non-hydrogen) atoms.